The molecular weight excluding hydrogens is 339 g/mol. The lowest BCUT2D eigenvalue weighted by Gasteiger charge is -2.44. The van der Waals surface area contributed by atoms with Gasteiger partial charge in [0, 0.05) is 0 Å². The smallest absolute Gasteiger partial charge is 0.161 e. The summed E-state index contributed by atoms with van der Waals surface area (Å²) < 4.78 is 19.5. The van der Waals surface area contributed by atoms with E-state index in [4.69, 9.17) is 4.74 Å². The first-order valence-electron chi connectivity index (χ1n) is 10.8. The lowest BCUT2D eigenvalue weighted by Crippen LogP contribution is -2.50. The molecule has 0 spiro atoms. The van der Waals surface area contributed by atoms with Crippen LogP contribution in [0, 0.1) is 23.6 Å². The Hall–Kier alpha value is -1.22. The zero-order valence-electron chi connectivity index (χ0n) is 17.2. The number of benzene rings is 1. The third-order valence-corrected chi connectivity index (χ3v) is 7.24. The summed E-state index contributed by atoms with van der Waals surface area (Å²) in [6, 6.07) is 7.11. The predicted octanol–water partition coefficient (Wildman–Crippen LogP) is 6.29. The highest BCUT2D eigenvalue weighted by molar-refractivity contribution is 5.85. The van der Waals surface area contributed by atoms with Gasteiger partial charge in [-0.3, -0.25) is 4.79 Å². The minimum atomic E-state index is -0.561. The summed E-state index contributed by atoms with van der Waals surface area (Å²) in [5.41, 5.74) is 0.724. The lowest BCUT2D eigenvalue weighted by atomic mass is 9.72. The summed E-state index contributed by atoms with van der Waals surface area (Å²) in [7, 11) is 0. The molecule has 27 heavy (non-hydrogen) atoms. The molecule has 1 saturated heterocycles. The summed E-state index contributed by atoms with van der Waals surface area (Å²) in [6.07, 6.45) is 9.35. The van der Waals surface area contributed by atoms with E-state index >= 15 is 0 Å². The van der Waals surface area contributed by atoms with Crippen LogP contribution >= 0.6 is 0 Å². The van der Waals surface area contributed by atoms with E-state index in [-0.39, 0.29) is 17.5 Å². The van der Waals surface area contributed by atoms with Crippen molar-refractivity contribution in [1.82, 2.24) is 0 Å². The van der Waals surface area contributed by atoms with Crippen LogP contribution < -0.4 is 0 Å². The molecule has 3 rings (SSSR count). The summed E-state index contributed by atoms with van der Waals surface area (Å²) >= 11 is 0. The summed E-state index contributed by atoms with van der Waals surface area (Å²) in [5.74, 6) is 2.07. The van der Waals surface area contributed by atoms with Crippen LogP contribution in [0.1, 0.15) is 83.6 Å². The van der Waals surface area contributed by atoms with Crippen LogP contribution in [0.2, 0.25) is 0 Å². The van der Waals surface area contributed by atoms with Gasteiger partial charge in [-0.1, -0.05) is 45.2 Å². The van der Waals surface area contributed by atoms with Crippen molar-refractivity contribution in [3.63, 3.8) is 0 Å². The minimum Gasteiger partial charge on any atom is -0.367 e. The van der Waals surface area contributed by atoms with Crippen LogP contribution in [0.4, 0.5) is 4.39 Å². The van der Waals surface area contributed by atoms with Gasteiger partial charge in [0.25, 0.3) is 0 Å². The summed E-state index contributed by atoms with van der Waals surface area (Å²) in [6.45, 7) is 6.61. The van der Waals surface area contributed by atoms with Gasteiger partial charge in [-0.25, -0.2) is 4.39 Å². The summed E-state index contributed by atoms with van der Waals surface area (Å²) in [4.78, 5) is 12.2. The molecule has 1 aromatic carbocycles. The number of carbonyl (C=O) groups excluding carboxylic acids is 1. The van der Waals surface area contributed by atoms with Gasteiger partial charge in [0.05, 0.1) is 6.61 Å². The fourth-order valence-corrected chi connectivity index (χ4v) is 5.36. The second-order valence-electron chi connectivity index (χ2n) is 9.08. The Morgan fingerprint density at radius 1 is 1.04 bits per heavy atom. The first-order chi connectivity index (χ1) is 12.9. The Morgan fingerprint density at radius 2 is 1.74 bits per heavy atom. The third kappa shape index (κ3) is 4.62. The van der Waals surface area contributed by atoms with Crippen LogP contribution in [-0.2, 0) is 9.53 Å². The second-order valence-corrected chi connectivity index (χ2v) is 9.08. The SMILES string of the molecule is CC(=O)C1(C(C)C)CC[C@@H](C2CCCCC(c3ccc(F)cc3)CC2)CO1. The molecule has 3 heteroatoms. The van der Waals surface area contributed by atoms with E-state index < -0.39 is 5.60 Å². The zero-order chi connectivity index (χ0) is 19.4. The molecule has 3 unspecified atom stereocenters. The monoisotopic (exact) mass is 374 g/mol. The number of hydrogen-bond acceptors (Lipinski definition) is 2. The van der Waals surface area contributed by atoms with E-state index in [0.717, 1.165) is 19.4 Å². The van der Waals surface area contributed by atoms with Crippen molar-refractivity contribution < 1.29 is 13.9 Å². The second kappa shape index (κ2) is 8.86. The molecule has 2 nitrogen and oxygen atoms in total. The molecule has 1 saturated carbocycles. The van der Waals surface area contributed by atoms with Gasteiger partial charge in [0.2, 0.25) is 0 Å². The molecule has 4 atom stereocenters. The van der Waals surface area contributed by atoms with Gasteiger partial charge in [-0.2, -0.15) is 0 Å². The van der Waals surface area contributed by atoms with Crippen molar-refractivity contribution in [3.8, 4) is 0 Å². The van der Waals surface area contributed by atoms with Crippen molar-refractivity contribution in [2.24, 2.45) is 17.8 Å². The Kier molecular flexibility index (Phi) is 6.73. The highest BCUT2D eigenvalue weighted by Crippen LogP contribution is 2.42. The first-order valence-corrected chi connectivity index (χ1v) is 10.8. The number of ether oxygens (including phenoxy) is 1. The van der Waals surface area contributed by atoms with Gasteiger partial charge in [-0.05, 0) is 80.4 Å². The van der Waals surface area contributed by atoms with E-state index in [1.807, 2.05) is 12.1 Å². The van der Waals surface area contributed by atoms with Gasteiger partial charge in [0.15, 0.2) is 5.78 Å². The van der Waals surface area contributed by atoms with Crippen molar-refractivity contribution >= 4 is 5.78 Å². The van der Waals surface area contributed by atoms with Gasteiger partial charge in [0.1, 0.15) is 11.4 Å². The highest BCUT2D eigenvalue weighted by Gasteiger charge is 2.44. The number of hydrogen-bond donors (Lipinski definition) is 0. The topological polar surface area (TPSA) is 26.3 Å². The Morgan fingerprint density at radius 3 is 2.33 bits per heavy atom. The number of Topliss-reactive ketones (excluding diaryl/α,β-unsaturated/α-hetero) is 1. The minimum absolute atomic E-state index is 0.152. The molecular formula is C24H35FO2. The van der Waals surface area contributed by atoms with Crippen LogP contribution in [-0.4, -0.2) is 18.0 Å². The van der Waals surface area contributed by atoms with Gasteiger partial charge >= 0.3 is 0 Å². The number of rotatable bonds is 4. The summed E-state index contributed by atoms with van der Waals surface area (Å²) in [5, 5.41) is 0. The predicted molar refractivity (Wildman–Crippen MR) is 107 cm³/mol. The maximum atomic E-state index is 13.2. The molecule has 0 N–H and O–H groups in total. The van der Waals surface area contributed by atoms with Crippen LogP contribution in [0.25, 0.3) is 0 Å². The largest absolute Gasteiger partial charge is 0.367 e. The normalized spacial score (nSPS) is 32.7. The molecule has 1 aromatic rings. The van der Waals surface area contributed by atoms with Crippen molar-refractivity contribution in [2.75, 3.05) is 6.61 Å². The molecule has 0 radical (unpaired) electrons. The van der Waals surface area contributed by atoms with Crippen LogP contribution in [0.15, 0.2) is 24.3 Å². The van der Waals surface area contributed by atoms with Crippen molar-refractivity contribution in [2.45, 2.75) is 83.7 Å². The molecule has 1 heterocycles. The fourth-order valence-electron chi connectivity index (χ4n) is 5.36. The van der Waals surface area contributed by atoms with Gasteiger partial charge in [-0.15, -0.1) is 0 Å². The lowest BCUT2D eigenvalue weighted by molar-refractivity contribution is -0.166. The molecule has 0 amide bonds. The van der Waals surface area contributed by atoms with Crippen molar-refractivity contribution in [3.05, 3.63) is 35.6 Å². The Balaban J connectivity index is 1.61. The van der Waals surface area contributed by atoms with Gasteiger partial charge < -0.3 is 4.74 Å². The molecule has 2 aliphatic rings. The van der Waals surface area contributed by atoms with E-state index in [1.54, 1.807) is 19.1 Å². The van der Waals surface area contributed by atoms with E-state index in [9.17, 15) is 9.18 Å². The molecule has 150 valence electrons. The molecule has 0 aromatic heterocycles. The first kappa shape index (κ1) is 20.5. The quantitative estimate of drug-likeness (QED) is 0.619. The maximum absolute atomic E-state index is 13.2. The number of ketones is 1. The molecule has 2 fully saturated rings. The molecule has 1 aliphatic heterocycles. The van der Waals surface area contributed by atoms with E-state index in [2.05, 4.69) is 13.8 Å². The van der Waals surface area contributed by atoms with E-state index in [0.29, 0.717) is 17.8 Å². The molecule has 1 aliphatic carbocycles. The third-order valence-electron chi connectivity index (χ3n) is 7.24. The zero-order valence-corrected chi connectivity index (χ0v) is 17.2. The maximum Gasteiger partial charge on any atom is 0.161 e. The highest BCUT2D eigenvalue weighted by atomic mass is 19.1. The van der Waals surface area contributed by atoms with Crippen LogP contribution in [0.5, 0.6) is 0 Å². The Bertz CT molecular complexity index is 614. The fraction of sp³-hybridized carbons (Fsp3) is 0.708. The Labute approximate surface area is 163 Å². The van der Waals surface area contributed by atoms with Crippen molar-refractivity contribution in [1.29, 1.82) is 0 Å². The number of carbonyl (C=O) groups is 1. The number of halogens is 1. The van der Waals surface area contributed by atoms with E-state index in [1.165, 1.54) is 44.1 Å². The average Bonchev–Trinajstić information content (AvgIpc) is 2.63. The average molecular weight is 375 g/mol. The molecule has 0 bridgehead atoms. The standard InChI is InChI=1S/C24H35FO2/c1-17(2)24(18(3)26)15-14-22(16-27-24)20-7-5-4-6-19(8-9-20)21-10-12-23(25)13-11-21/h10-13,17,19-20,22H,4-9,14-16H2,1-3H3/t19?,20?,22-,24?/m1/s1. The van der Waals surface area contributed by atoms with Crippen LogP contribution in [0.3, 0.4) is 0 Å².